The number of rotatable bonds is 6. The summed E-state index contributed by atoms with van der Waals surface area (Å²) in [6.07, 6.45) is 6.90. The van der Waals surface area contributed by atoms with Crippen molar-refractivity contribution in [3.05, 3.63) is 33.8 Å². The predicted molar refractivity (Wildman–Crippen MR) is 81.0 cm³/mol. The van der Waals surface area contributed by atoms with Gasteiger partial charge in [0.15, 0.2) is 0 Å². The standard InChI is InChI=1S/C15H21Cl2NO/c16-14-7-4-8-15(17)13(14)11-18-9-10-19-12-5-2-1-3-6-12/h4,7-8,12,18H,1-3,5-6,9-11H2. The smallest absolute Gasteiger partial charge is 0.0594 e. The van der Waals surface area contributed by atoms with Crippen LogP contribution in [0.2, 0.25) is 10.0 Å². The molecular weight excluding hydrogens is 281 g/mol. The molecule has 0 bridgehead atoms. The molecule has 2 rings (SSSR count). The van der Waals surface area contributed by atoms with E-state index >= 15 is 0 Å². The Kier molecular flexibility index (Phi) is 6.45. The minimum atomic E-state index is 0.472. The Hall–Kier alpha value is -0.280. The van der Waals surface area contributed by atoms with E-state index in [0.29, 0.717) is 22.7 Å². The molecule has 1 N–H and O–H groups in total. The molecule has 0 aliphatic heterocycles. The number of hydrogen-bond donors (Lipinski definition) is 1. The Morgan fingerprint density at radius 3 is 2.47 bits per heavy atom. The predicted octanol–water partition coefficient (Wildman–Crippen LogP) is 4.43. The summed E-state index contributed by atoms with van der Waals surface area (Å²) in [6, 6.07) is 5.59. The Bertz CT molecular complexity index is 371. The summed E-state index contributed by atoms with van der Waals surface area (Å²) < 4.78 is 5.85. The van der Waals surface area contributed by atoms with E-state index in [4.69, 9.17) is 27.9 Å². The van der Waals surface area contributed by atoms with Gasteiger partial charge in [0, 0.05) is 28.7 Å². The van der Waals surface area contributed by atoms with Gasteiger partial charge < -0.3 is 10.1 Å². The van der Waals surface area contributed by atoms with Crippen LogP contribution in [-0.2, 0) is 11.3 Å². The fraction of sp³-hybridized carbons (Fsp3) is 0.600. The van der Waals surface area contributed by atoms with Gasteiger partial charge in [-0.05, 0) is 25.0 Å². The van der Waals surface area contributed by atoms with Crippen LogP contribution in [0.15, 0.2) is 18.2 Å². The zero-order valence-electron chi connectivity index (χ0n) is 11.1. The fourth-order valence-corrected chi connectivity index (χ4v) is 2.98. The van der Waals surface area contributed by atoms with E-state index < -0.39 is 0 Å². The van der Waals surface area contributed by atoms with Crippen LogP contribution >= 0.6 is 23.2 Å². The van der Waals surface area contributed by atoms with Gasteiger partial charge in [0.05, 0.1) is 12.7 Å². The molecule has 2 nitrogen and oxygen atoms in total. The molecule has 0 unspecified atom stereocenters. The second-order valence-electron chi connectivity index (χ2n) is 5.01. The first-order valence-electron chi connectivity index (χ1n) is 7.02. The molecule has 1 aliphatic rings. The Balaban J connectivity index is 1.63. The highest BCUT2D eigenvalue weighted by molar-refractivity contribution is 6.35. The zero-order valence-corrected chi connectivity index (χ0v) is 12.6. The maximum atomic E-state index is 6.11. The minimum Gasteiger partial charge on any atom is -0.377 e. The molecule has 0 atom stereocenters. The summed E-state index contributed by atoms with van der Waals surface area (Å²) >= 11 is 12.2. The van der Waals surface area contributed by atoms with E-state index in [1.807, 2.05) is 18.2 Å². The molecule has 1 fully saturated rings. The molecule has 1 aromatic carbocycles. The lowest BCUT2D eigenvalue weighted by Gasteiger charge is -2.22. The van der Waals surface area contributed by atoms with Crippen LogP contribution in [0, 0.1) is 0 Å². The molecule has 106 valence electrons. The lowest BCUT2D eigenvalue weighted by molar-refractivity contribution is 0.0302. The first-order valence-corrected chi connectivity index (χ1v) is 7.78. The molecule has 4 heteroatoms. The van der Waals surface area contributed by atoms with Crippen molar-refractivity contribution in [1.82, 2.24) is 5.32 Å². The molecule has 1 aromatic rings. The third-order valence-corrected chi connectivity index (χ3v) is 4.26. The monoisotopic (exact) mass is 301 g/mol. The van der Waals surface area contributed by atoms with Gasteiger partial charge in [0.2, 0.25) is 0 Å². The quantitative estimate of drug-likeness (QED) is 0.785. The Labute approximate surface area is 125 Å². The van der Waals surface area contributed by atoms with Crippen molar-refractivity contribution in [2.75, 3.05) is 13.2 Å². The first kappa shape index (κ1) is 15.1. The van der Waals surface area contributed by atoms with Gasteiger partial charge in [-0.1, -0.05) is 48.5 Å². The Morgan fingerprint density at radius 1 is 1.11 bits per heavy atom. The van der Waals surface area contributed by atoms with Gasteiger partial charge >= 0.3 is 0 Å². The van der Waals surface area contributed by atoms with E-state index in [0.717, 1.165) is 18.7 Å². The third-order valence-electron chi connectivity index (χ3n) is 3.55. The normalized spacial score (nSPS) is 16.7. The molecule has 19 heavy (non-hydrogen) atoms. The van der Waals surface area contributed by atoms with Crippen molar-refractivity contribution in [1.29, 1.82) is 0 Å². The van der Waals surface area contributed by atoms with Gasteiger partial charge in [-0.3, -0.25) is 0 Å². The SMILES string of the molecule is Clc1cccc(Cl)c1CNCCOC1CCCCC1. The number of nitrogens with one attached hydrogen (secondary N) is 1. The number of ether oxygens (including phenoxy) is 1. The minimum absolute atomic E-state index is 0.472. The molecule has 0 spiro atoms. The summed E-state index contributed by atoms with van der Waals surface area (Å²) in [4.78, 5) is 0. The average molecular weight is 302 g/mol. The van der Waals surface area contributed by atoms with Crippen LogP contribution < -0.4 is 5.32 Å². The van der Waals surface area contributed by atoms with E-state index in [9.17, 15) is 0 Å². The number of benzene rings is 1. The maximum absolute atomic E-state index is 6.11. The third kappa shape index (κ3) is 4.96. The summed E-state index contributed by atoms with van der Waals surface area (Å²) in [5.41, 5.74) is 0.962. The van der Waals surface area contributed by atoms with E-state index in [-0.39, 0.29) is 0 Å². The summed E-state index contributed by atoms with van der Waals surface area (Å²) in [5, 5.41) is 4.76. The summed E-state index contributed by atoms with van der Waals surface area (Å²) in [7, 11) is 0. The van der Waals surface area contributed by atoms with Gasteiger partial charge in [0.25, 0.3) is 0 Å². The number of halogens is 2. The van der Waals surface area contributed by atoms with Crippen LogP contribution in [0.1, 0.15) is 37.7 Å². The molecule has 0 saturated heterocycles. The molecular formula is C15H21Cl2NO. The van der Waals surface area contributed by atoms with Gasteiger partial charge in [-0.2, -0.15) is 0 Å². The van der Waals surface area contributed by atoms with E-state index in [1.165, 1.54) is 32.1 Å². The summed E-state index contributed by atoms with van der Waals surface area (Å²) in [5.74, 6) is 0. The topological polar surface area (TPSA) is 21.3 Å². The van der Waals surface area contributed by atoms with Crippen LogP contribution in [-0.4, -0.2) is 19.3 Å². The van der Waals surface area contributed by atoms with Crippen molar-refractivity contribution < 1.29 is 4.74 Å². The summed E-state index contributed by atoms with van der Waals surface area (Å²) in [6.45, 7) is 2.28. The van der Waals surface area contributed by atoms with Crippen LogP contribution in [0.5, 0.6) is 0 Å². The van der Waals surface area contributed by atoms with Crippen molar-refractivity contribution in [2.24, 2.45) is 0 Å². The van der Waals surface area contributed by atoms with Gasteiger partial charge in [-0.25, -0.2) is 0 Å². The number of hydrogen-bond acceptors (Lipinski definition) is 2. The second kappa shape index (κ2) is 8.11. The molecule has 1 aliphatic carbocycles. The largest absolute Gasteiger partial charge is 0.377 e. The van der Waals surface area contributed by atoms with E-state index in [2.05, 4.69) is 5.32 Å². The maximum Gasteiger partial charge on any atom is 0.0594 e. The van der Waals surface area contributed by atoms with Gasteiger partial charge in [-0.15, -0.1) is 0 Å². The molecule has 0 aromatic heterocycles. The fourth-order valence-electron chi connectivity index (χ4n) is 2.44. The lowest BCUT2D eigenvalue weighted by Crippen LogP contribution is -2.24. The van der Waals surface area contributed by atoms with Gasteiger partial charge in [0.1, 0.15) is 0 Å². The zero-order chi connectivity index (χ0) is 13.5. The second-order valence-corrected chi connectivity index (χ2v) is 5.82. The molecule has 0 radical (unpaired) electrons. The first-order chi connectivity index (χ1) is 9.27. The highest BCUT2D eigenvalue weighted by Gasteiger charge is 2.13. The van der Waals surface area contributed by atoms with E-state index in [1.54, 1.807) is 0 Å². The van der Waals surface area contributed by atoms with Crippen LogP contribution in [0.4, 0.5) is 0 Å². The molecule has 1 saturated carbocycles. The van der Waals surface area contributed by atoms with Crippen molar-refractivity contribution >= 4 is 23.2 Å². The molecule has 0 heterocycles. The highest BCUT2D eigenvalue weighted by Crippen LogP contribution is 2.24. The van der Waals surface area contributed by atoms with Crippen LogP contribution in [0.25, 0.3) is 0 Å². The lowest BCUT2D eigenvalue weighted by atomic mass is 9.98. The average Bonchev–Trinajstić information content (AvgIpc) is 2.42. The molecule has 0 amide bonds. The van der Waals surface area contributed by atoms with Crippen molar-refractivity contribution in [3.8, 4) is 0 Å². The van der Waals surface area contributed by atoms with Crippen molar-refractivity contribution in [2.45, 2.75) is 44.8 Å². The Morgan fingerprint density at radius 2 is 1.79 bits per heavy atom. The van der Waals surface area contributed by atoms with Crippen LogP contribution in [0.3, 0.4) is 0 Å². The highest BCUT2D eigenvalue weighted by atomic mass is 35.5. The van der Waals surface area contributed by atoms with Crippen molar-refractivity contribution in [3.63, 3.8) is 0 Å².